The highest BCUT2D eigenvalue weighted by Crippen LogP contribution is 2.19. The summed E-state index contributed by atoms with van der Waals surface area (Å²) < 4.78 is 0. The van der Waals surface area contributed by atoms with Gasteiger partial charge in [0, 0.05) is 13.1 Å². The van der Waals surface area contributed by atoms with Crippen LogP contribution in [0.2, 0.25) is 6.32 Å². The number of hydrogen-bond donors (Lipinski definition) is 5. The van der Waals surface area contributed by atoms with Crippen LogP contribution in [0.25, 0.3) is 0 Å². The molecular weight excluding hydrogens is 273 g/mol. The lowest BCUT2D eigenvalue weighted by Crippen LogP contribution is -2.48. The number of likely N-dealkylation sites (N-methyl/N-ethyl adjacent to an activating group) is 1. The van der Waals surface area contributed by atoms with Gasteiger partial charge in [-0.3, -0.25) is 4.79 Å². The first-order valence-electron chi connectivity index (χ1n) is 7.52. The van der Waals surface area contributed by atoms with Crippen molar-refractivity contribution in [3.63, 3.8) is 0 Å². The second kappa shape index (κ2) is 11.0. The summed E-state index contributed by atoms with van der Waals surface area (Å²) in [5.41, 5.74) is 4.74. The second-order valence-corrected chi connectivity index (χ2v) is 5.84. The predicted octanol–water partition coefficient (Wildman–Crippen LogP) is -0.657. The van der Waals surface area contributed by atoms with Crippen molar-refractivity contribution in [3.8, 4) is 0 Å². The number of hydrogen-bond acceptors (Lipinski definition) is 6. The van der Waals surface area contributed by atoms with E-state index in [0.717, 1.165) is 19.6 Å². The Morgan fingerprint density at radius 3 is 2.33 bits per heavy atom. The Morgan fingerprint density at radius 2 is 1.81 bits per heavy atom. The van der Waals surface area contributed by atoms with Crippen LogP contribution in [0.4, 0.5) is 0 Å². The summed E-state index contributed by atoms with van der Waals surface area (Å²) >= 11 is 0. The van der Waals surface area contributed by atoms with E-state index in [1.54, 1.807) is 0 Å². The molecule has 0 saturated carbocycles. The zero-order valence-corrected chi connectivity index (χ0v) is 13.2. The number of nitrogens with zero attached hydrogens (tertiary/aromatic N) is 1. The third-order valence-corrected chi connectivity index (χ3v) is 3.47. The minimum Gasteiger partial charge on any atom is -0.480 e. The third-order valence-electron chi connectivity index (χ3n) is 3.47. The summed E-state index contributed by atoms with van der Waals surface area (Å²) in [5.74, 6) is -0.986. The predicted molar refractivity (Wildman–Crippen MR) is 84.1 cm³/mol. The Bertz CT molecular complexity index is 293. The van der Waals surface area contributed by atoms with Gasteiger partial charge in [0.25, 0.3) is 0 Å². The molecule has 0 aromatic heterocycles. The Kier molecular flexibility index (Phi) is 10.6. The van der Waals surface area contributed by atoms with Gasteiger partial charge in [-0.25, -0.2) is 0 Å². The normalized spacial score (nSPS) is 14.2. The van der Waals surface area contributed by atoms with Gasteiger partial charge in [-0.2, -0.15) is 0 Å². The summed E-state index contributed by atoms with van der Waals surface area (Å²) in [6.45, 7) is 2.55. The van der Waals surface area contributed by atoms with Crippen molar-refractivity contribution < 1.29 is 19.9 Å². The van der Waals surface area contributed by atoms with E-state index in [4.69, 9.17) is 15.8 Å². The molecule has 1 atom stereocenters. The van der Waals surface area contributed by atoms with E-state index in [2.05, 4.69) is 10.2 Å². The number of rotatable bonds is 13. The van der Waals surface area contributed by atoms with E-state index < -0.39 is 18.6 Å². The first-order valence-corrected chi connectivity index (χ1v) is 7.52. The van der Waals surface area contributed by atoms with Gasteiger partial charge in [0.15, 0.2) is 0 Å². The van der Waals surface area contributed by atoms with Gasteiger partial charge in [0.1, 0.15) is 5.54 Å². The molecule has 7 nitrogen and oxygen atoms in total. The highest BCUT2D eigenvalue weighted by Gasteiger charge is 2.32. The number of unbranched alkanes of at least 4 members (excludes halogenated alkanes) is 1. The Balaban J connectivity index is 3.91. The van der Waals surface area contributed by atoms with E-state index in [1.807, 2.05) is 14.1 Å². The quantitative estimate of drug-likeness (QED) is 0.226. The average molecular weight is 303 g/mol. The second-order valence-electron chi connectivity index (χ2n) is 5.84. The standard InChI is InChI=1S/C13H30BN3O4/c1-17(2)11-10-16-9-5-7-13(15,12(18)19)6-3-4-8-14(20)21/h16,20-21H,3-11,15H2,1-2H3,(H,18,19). The van der Waals surface area contributed by atoms with Gasteiger partial charge in [0.2, 0.25) is 0 Å². The highest BCUT2D eigenvalue weighted by atomic mass is 16.4. The molecule has 0 bridgehead atoms. The molecule has 0 heterocycles. The molecule has 0 saturated heterocycles. The molecule has 21 heavy (non-hydrogen) atoms. The fourth-order valence-electron chi connectivity index (χ4n) is 2.06. The maximum absolute atomic E-state index is 11.3. The van der Waals surface area contributed by atoms with Crippen LogP contribution in [0.15, 0.2) is 0 Å². The van der Waals surface area contributed by atoms with Gasteiger partial charge in [0.05, 0.1) is 0 Å². The van der Waals surface area contributed by atoms with Crippen LogP contribution in [0.1, 0.15) is 32.1 Å². The molecule has 0 aliphatic rings. The minimum atomic E-state index is -1.33. The summed E-state index contributed by atoms with van der Waals surface area (Å²) in [6.07, 6.45) is 2.87. The smallest absolute Gasteiger partial charge is 0.451 e. The van der Waals surface area contributed by atoms with Gasteiger partial charge in [-0.15, -0.1) is 0 Å². The van der Waals surface area contributed by atoms with Gasteiger partial charge in [-0.1, -0.05) is 12.8 Å². The maximum atomic E-state index is 11.3. The van der Waals surface area contributed by atoms with E-state index >= 15 is 0 Å². The highest BCUT2D eigenvalue weighted by molar-refractivity contribution is 6.40. The van der Waals surface area contributed by atoms with Gasteiger partial charge in [-0.05, 0) is 46.2 Å². The maximum Gasteiger partial charge on any atom is 0.451 e. The Morgan fingerprint density at radius 1 is 1.19 bits per heavy atom. The zero-order valence-electron chi connectivity index (χ0n) is 13.2. The molecule has 0 radical (unpaired) electrons. The van der Waals surface area contributed by atoms with Crippen molar-refractivity contribution in [2.45, 2.75) is 44.0 Å². The third kappa shape index (κ3) is 10.7. The lowest BCUT2D eigenvalue weighted by Gasteiger charge is -2.25. The zero-order chi connectivity index (χ0) is 16.3. The molecule has 0 aromatic rings. The number of carbonyl (C=O) groups is 1. The average Bonchev–Trinajstić information content (AvgIpc) is 2.38. The SMILES string of the molecule is CN(C)CCNCCCC(N)(CCCCB(O)O)C(=O)O. The van der Waals surface area contributed by atoms with Crippen molar-refractivity contribution in [2.75, 3.05) is 33.7 Å². The number of nitrogens with one attached hydrogen (secondary N) is 1. The van der Waals surface area contributed by atoms with Crippen LogP contribution in [0.3, 0.4) is 0 Å². The molecule has 0 amide bonds. The van der Waals surface area contributed by atoms with E-state index in [1.165, 1.54) is 0 Å². The Hall–Kier alpha value is -0.665. The van der Waals surface area contributed by atoms with E-state index in [9.17, 15) is 9.90 Å². The van der Waals surface area contributed by atoms with Crippen LogP contribution in [0, 0.1) is 0 Å². The van der Waals surface area contributed by atoms with Crippen LogP contribution < -0.4 is 11.1 Å². The van der Waals surface area contributed by atoms with Gasteiger partial charge >= 0.3 is 13.1 Å². The molecule has 124 valence electrons. The molecule has 1 unspecified atom stereocenters. The lowest BCUT2D eigenvalue weighted by atomic mass is 9.81. The molecule has 6 N–H and O–H groups in total. The Labute approximate surface area is 127 Å². The summed E-state index contributed by atoms with van der Waals surface area (Å²) in [7, 11) is 2.67. The van der Waals surface area contributed by atoms with Crippen molar-refractivity contribution in [1.29, 1.82) is 0 Å². The van der Waals surface area contributed by atoms with Crippen LogP contribution in [0.5, 0.6) is 0 Å². The number of carboxylic acid groups (broad SMARTS) is 1. The number of aliphatic carboxylic acids is 1. The van der Waals surface area contributed by atoms with Crippen molar-refractivity contribution in [3.05, 3.63) is 0 Å². The molecule has 0 aliphatic heterocycles. The molecule has 0 aliphatic carbocycles. The summed E-state index contributed by atoms with van der Waals surface area (Å²) in [4.78, 5) is 13.4. The molecule has 0 fully saturated rings. The van der Waals surface area contributed by atoms with Crippen molar-refractivity contribution >= 4 is 13.1 Å². The topological polar surface area (TPSA) is 119 Å². The van der Waals surface area contributed by atoms with Crippen LogP contribution >= 0.6 is 0 Å². The monoisotopic (exact) mass is 303 g/mol. The van der Waals surface area contributed by atoms with Crippen LogP contribution in [-0.4, -0.2) is 72.4 Å². The summed E-state index contributed by atoms with van der Waals surface area (Å²) in [6, 6.07) is 0. The van der Waals surface area contributed by atoms with Crippen molar-refractivity contribution in [2.24, 2.45) is 5.73 Å². The van der Waals surface area contributed by atoms with E-state index in [-0.39, 0.29) is 6.32 Å². The molecule has 0 aromatic carbocycles. The van der Waals surface area contributed by atoms with Crippen molar-refractivity contribution in [1.82, 2.24) is 10.2 Å². The fourth-order valence-corrected chi connectivity index (χ4v) is 2.06. The number of carboxylic acids is 1. The minimum absolute atomic E-state index is 0.252. The van der Waals surface area contributed by atoms with E-state index in [0.29, 0.717) is 32.1 Å². The van der Waals surface area contributed by atoms with Crippen LogP contribution in [-0.2, 0) is 4.79 Å². The lowest BCUT2D eigenvalue weighted by molar-refractivity contribution is -0.144. The molecule has 0 spiro atoms. The van der Waals surface area contributed by atoms with Gasteiger partial charge < -0.3 is 31.1 Å². The number of nitrogens with two attached hydrogens (primary N) is 1. The molecule has 0 rings (SSSR count). The molecular formula is C13H30BN3O4. The fraction of sp³-hybridized carbons (Fsp3) is 0.923. The largest absolute Gasteiger partial charge is 0.480 e. The first-order chi connectivity index (χ1) is 9.78. The molecule has 8 heteroatoms. The summed E-state index contributed by atoms with van der Waals surface area (Å²) in [5, 5.41) is 30.0. The first kappa shape index (κ1) is 20.3.